The van der Waals surface area contributed by atoms with Crippen LogP contribution in [0.1, 0.15) is 17.5 Å². The predicted octanol–water partition coefficient (Wildman–Crippen LogP) is 1.65. The molecule has 1 aliphatic carbocycles. The van der Waals surface area contributed by atoms with Gasteiger partial charge in [0.1, 0.15) is 0 Å². The van der Waals surface area contributed by atoms with Crippen LogP contribution >= 0.6 is 0 Å². The second kappa shape index (κ2) is 4.37. The van der Waals surface area contributed by atoms with E-state index in [-0.39, 0.29) is 0 Å². The van der Waals surface area contributed by atoms with Crippen LogP contribution in [0.3, 0.4) is 0 Å². The summed E-state index contributed by atoms with van der Waals surface area (Å²) in [6.07, 6.45) is 1.82. The Kier molecular flexibility index (Phi) is 2.73. The zero-order valence-electron chi connectivity index (χ0n) is 9.72. The Morgan fingerprint density at radius 3 is 2.76 bits per heavy atom. The molecule has 1 aromatic carbocycles. The SMILES string of the molecule is ON=C1CCc2cc(N3CCOCC3)ccc21. The van der Waals surface area contributed by atoms with E-state index in [0.29, 0.717) is 0 Å². The molecule has 0 bridgehead atoms. The fourth-order valence-corrected chi connectivity index (χ4v) is 2.58. The molecule has 17 heavy (non-hydrogen) atoms. The van der Waals surface area contributed by atoms with Crippen molar-refractivity contribution in [2.45, 2.75) is 12.8 Å². The quantitative estimate of drug-likeness (QED) is 0.591. The normalized spacial score (nSPS) is 21.9. The molecule has 1 aromatic rings. The molecule has 1 heterocycles. The van der Waals surface area contributed by atoms with Crippen LogP contribution in [0.5, 0.6) is 0 Å². The molecule has 4 nitrogen and oxygen atoms in total. The fraction of sp³-hybridized carbons (Fsp3) is 0.462. The van der Waals surface area contributed by atoms with Crippen LogP contribution in [0, 0.1) is 0 Å². The minimum absolute atomic E-state index is 0.806. The Hall–Kier alpha value is -1.55. The maximum atomic E-state index is 8.89. The van der Waals surface area contributed by atoms with Crippen LogP contribution < -0.4 is 4.90 Å². The van der Waals surface area contributed by atoms with Gasteiger partial charge in [0.2, 0.25) is 0 Å². The third-order valence-electron chi connectivity index (χ3n) is 3.53. The van der Waals surface area contributed by atoms with Crippen molar-refractivity contribution in [2.24, 2.45) is 5.16 Å². The number of nitrogens with zero attached hydrogens (tertiary/aromatic N) is 2. The first-order valence-corrected chi connectivity index (χ1v) is 6.05. The molecule has 0 unspecified atom stereocenters. The molecule has 90 valence electrons. The van der Waals surface area contributed by atoms with Crippen LogP contribution in [0.25, 0.3) is 0 Å². The number of morpholine rings is 1. The van der Waals surface area contributed by atoms with E-state index in [1.54, 1.807) is 0 Å². The first-order chi connectivity index (χ1) is 8.38. The highest BCUT2D eigenvalue weighted by atomic mass is 16.5. The maximum absolute atomic E-state index is 8.89. The average molecular weight is 232 g/mol. The summed E-state index contributed by atoms with van der Waals surface area (Å²) in [7, 11) is 0. The Morgan fingerprint density at radius 1 is 1.18 bits per heavy atom. The van der Waals surface area contributed by atoms with Gasteiger partial charge in [0.15, 0.2) is 0 Å². The molecular formula is C13H16N2O2. The van der Waals surface area contributed by atoms with Crippen molar-refractivity contribution in [3.8, 4) is 0 Å². The molecular weight excluding hydrogens is 216 g/mol. The third kappa shape index (κ3) is 1.89. The molecule has 4 heteroatoms. The molecule has 3 rings (SSSR count). The Bertz CT molecular complexity index is 451. The first kappa shape index (κ1) is 10.6. The van der Waals surface area contributed by atoms with Crippen LogP contribution in [-0.4, -0.2) is 37.2 Å². The van der Waals surface area contributed by atoms with Gasteiger partial charge in [-0.05, 0) is 30.5 Å². The number of ether oxygens (including phenoxy) is 1. The summed E-state index contributed by atoms with van der Waals surface area (Å²) in [6, 6.07) is 6.40. The van der Waals surface area contributed by atoms with Crippen molar-refractivity contribution in [2.75, 3.05) is 31.2 Å². The minimum atomic E-state index is 0.806. The molecule has 1 saturated heterocycles. The summed E-state index contributed by atoms with van der Waals surface area (Å²) in [6.45, 7) is 3.53. The number of anilines is 1. The van der Waals surface area contributed by atoms with Gasteiger partial charge in [-0.2, -0.15) is 0 Å². The van der Waals surface area contributed by atoms with Gasteiger partial charge in [0.25, 0.3) is 0 Å². The lowest BCUT2D eigenvalue weighted by atomic mass is 10.1. The number of aryl methyl sites for hydroxylation is 1. The number of fused-ring (bicyclic) bond motifs is 1. The average Bonchev–Trinajstić information content (AvgIpc) is 2.81. The van der Waals surface area contributed by atoms with Crippen molar-refractivity contribution >= 4 is 11.4 Å². The summed E-state index contributed by atoms with van der Waals surface area (Å²) in [4.78, 5) is 2.35. The lowest BCUT2D eigenvalue weighted by Gasteiger charge is -2.29. The van der Waals surface area contributed by atoms with E-state index < -0.39 is 0 Å². The second-order valence-corrected chi connectivity index (χ2v) is 4.49. The predicted molar refractivity (Wildman–Crippen MR) is 66.1 cm³/mol. The Balaban J connectivity index is 1.89. The summed E-state index contributed by atoms with van der Waals surface area (Å²) in [5.74, 6) is 0. The molecule has 1 N–H and O–H groups in total. The van der Waals surface area contributed by atoms with E-state index in [0.717, 1.165) is 50.4 Å². The van der Waals surface area contributed by atoms with Crippen LogP contribution in [-0.2, 0) is 11.2 Å². The van der Waals surface area contributed by atoms with Gasteiger partial charge in [-0.1, -0.05) is 11.2 Å². The van der Waals surface area contributed by atoms with Gasteiger partial charge in [-0.15, -0.1) is 0 Å². The van der Waals surface area contributed by atoms with E-state index in [2.05, 4.69) is 28.3 Å². The number of hydrogen-bond donors (Lipinski definition) is 1. The highest BCUT2D eigenvalue weighted by Crippen LogP contribution is 2.27. The summed E-state index contributed by atoms with van der Waals surface area (Å²) in [5, 5.41) is 12.2. The van der Waals surface area contributed by atoms with Crippen LogP contribution in [0.2, 0.25) is 0 Å². The largest absolute Gasteiger partial charge is 0.411 e. The highest BCUT2D eigenvalue weighted by Gasteiger charge is 2.20. The van der Waals surface area contributed by atoms with E-state index in [4.69, 9.17) is 9.94 Å². The van der Waals surface area contributed by atoms with Gasteiger partial charge >= 0.3 is 0 Å². The first-order valence-electron chi connectivity index (χ1n) is 6.05. The number of benzene rings is 1. The smallest absolute Gasteiger partial charge is 0.0873 e. The van der Waals surface area contributed by atoms with E-state index >= 15 is 0 Å². The molecule has 0 spiro atoms. The van der Waals surface area contributed by atoms with Crippen molar-refractivity contribution in [1.29, 1.82) is 0 Å². The molecule has 0 aromatic heterocycles. The molecule has 2 aliphatic rings. The number of hydrogen-bond acceptors (Lipinski definition) is 4. The van der Waals surface area contributed by atoms with Crippen LogP contribution in [0.15, 0.2) is 23.4 Å². The van der Waals surface area contributed by atoms with Crippen molar-refractivity contribution in [1.82, 2.24) is 0 Å². The van der Waals surface area contributed by atoms with Gasteiger partial charge in [-0.25, -0.2) is 0 Å². The van der Waals surface area contributed by atoms with Gasteiger partial charge in [0, 0.05) is 24.3 Å². The van der Waals surface area contributed by atoms with E-state index in [9.17, 15) is 0 Å². The lowest BCUT2D eigenvalue weighted by Crippen LogP contribution is -2.36. The molecule has 1 aliphatic heterocycles. The Labute approximate surface area is 100 Å². The summed E-state index contributed by atoms with van der Waals surface area (Å²) < 4.78 is 5.35. The standard InChI is InChI=1S/C13H16N2O2/c16-14-13-4-1-10-9-11(2-3-12(10)13)15-5-7-17-8-6-15/h2-3,9,16H,1,4-8H2. The van der Waals surface area contributed by atoms with E-state index in [1.165, 1.54) is 11.3 Å². The second-order valence-electron chi connectivity index (χ2n) is 4.49. The minimum Gasteiger partial charge on any atom is -0.411 e. The molecule has 0 amide bonds. The van der Waals surface area contributed by atoms with Gasteiger partial charge < -0.3 is 14.8 Å². The zero-order valence-corrected chi connectivity index (χ0v) is 9.72. The maximum Gasteiger partial charge on any atom is 0.0873 e. The number of oxime groups is 1. The lowest BCUT2D eigenvalue weighted by molar-refractivity contribution is 0.122. The van der Waals surface area contributed by atoms with Crippen molar-refractivity contribution < 1.29 is 9.94 Å². The fourth-order valence-electron chi connectivity index (χ4n) is 2.58. The van der Waals surface area contributed by atoms with Crippen molar-refractivity contribution in [3.05, 3.63) is 29.3 Å². The topological polar surface area (TPSA) is 45.1 Å². The highest BCUT2D eigenvalue weighted by molar-refractivity contribution is 6.04. The summed E-state index contributed by atoms with van der Waals surface area (Å²) >= 11 is 0. The molecule has 0 saturated carbocycles. The monoisotopic (exact) mass is 232 g/mol. The van der Waals surface area contributed by atoms with Gasteiger partial charge in [0.05, 0.1) is 18.9 Å². The number of rotatable bonds is 1. The third-order valence-corrected chi connectivity index (χ3v) is 3.53. The van der Waals surface area contributed by atoms with Crippen molar-refractivity contribution in [3.63, 3.8) is 0 Å². The zero-order chi connectivity index (χ0) is 11.7. The summed E-state index contributed by atoms with van der Waals surface area (Å²) in [5.41, 5.74) is 4.46. The van der Waals surface area contributed by atoms with Crippen LogP contribution in [0.4, 0.5) is 5.69 Å². The molecule has 0 atom stereocenters. The molecule has 0 radical (unpaired) electrons. The molecule has 1 fully saturated rings. The van der Waals surface area contributed by atoms with E-state index in [1.807, 2.05) is 0 Å². The van der Waals surface area contributed by atoms with Gasteiger partial charge in [-0.3, -0.25) is 0 Å². The Morgan fingerprint density at radius 2 is 2.00 bits per heavy atom.